The number of urea groups is 1. The molecule has 3 rings (SSSR count). The molecule has 2 aromatic rings. The fraction of sp³-hybridized carbons (Fsp3) is 0.200. The van der Waals surface area contributed by atoms with Crippen LogP contribution in [0.5, 0.6) is 0 Å². The molecule has 0 atom stereocenters. The van der Waals surface area contributed by atoms with E-state index in [0.717, 1.165) is 11.1 Å². The Labute approximate surface area is 146 Å². The van der Waals surface area contributed by atoms with Gasteiger partial charge in [-0.2, -0.15) is 5.26 Å². The van der Waals surface area contributed by atoms with Gasteiger partial charge < -0.3 is 10.6 Å². The number of nitrogens with zero attached hydrogens (tertiary/aromatic N) is 1. The van der Waals surface area contributed by atoms with Crippen LogP contribution in [-0.2, 0) is 6.42 Å². The van der Waals surface area contributed by atoms with E-state index in [9.17, 15) is 14.4 Å². The molecule has 0 heterocycles. The summed E-state index contributed by atoms with van der Waals surface area (Å²) in [6, 6.07) is 15.2. The second kappa shape index (κ2) is 6.40. The van der Waals surface area contributed by atoms with Crippen molar-refractivity contribution >= 4 is 17.4 Å². The van der Waals surface area contributed by atoms with Crippen molar-refractivity contribution in [2.24, 2.45) is 5.41 Å². The quantitative estimate of drug-likeness (QED) is 0.851. The summed E-state index contributed by atoms with van der Waals surface area (Å²) < 4.78 is 13.7. The van der Waals surface area contributed by atoms with Crippen LogP contribution in [0.4, 0.5) is 14.9 Å². The fourth-order valence-corrected chi connectivity index (χ4v) is 3.12. The maximum Gasteiger partial charge on any atom is 0.323 e. The van der Waals surface area contributed by atoms with Gasteiger partial charge in [-0.3, -0.25) is 0 Å². The minimum absolute atomic E-state index is 0.0856. The van der Waals surface area contributed by atoms with Gasteiger partial charge in [0.05, 0.1) is 23.0 Å². The number of nitriles is 1. The predicted octanol–water partition coefficient (Wildman–Crippen LogP) is 4.46. The summed E-state index contributed by atoms with van der Waals surface area (Å²) in [6.45, 7) is 3.94. The third kappa shape index (κ3) is 3.24. The molecule has 0 spiro atoms. The monoisotopic (exact) mass is 335 g/mol. The molecular formula is C20H18FN3O. The van der Waals surface area contributed by atoms with E-state index < -0.39 is 17.3 Å². The SMILES string of the molecule is CC1(C)Cc2ccccc2C(NC(=O)Nc2ccccc2F)=C1C#N. The van der Waals surface area contributed by atoms with E-state index in [1.54, 1.807) is 12.1 Å². The van der Waals surface area contributed by atoms with Crippen LogP contribution in [0.2, 0.25) is 0 Å². The molecule has 0 radical (unpaired) electrons. The number of rotatable bonds is 2. The van der Waals surface area contributed by atoms with Crippen molar-refractivity contribution in [2.45, 2.75) is 20.3 Å². The molecule has 0 saturated heterocycles. The molecule has 0 unspecified atom stereocenters. The van der Waals surface area contributed by atoms with Crippen LogP contribution in [0, 0.1) is 22.6 Å². The molecule has 0 aromatic heterocycles. The van der Waals surface area contributed by atoms with Gasteiger partial charge in [0.25, 0.3) is 0 Å². The molecular weight excluding hydrogens is 317 g/mol. The van der Waals surface area contributed by atoms with Crippen LogP contribution in [-0.4, -0.2) is 6.03 Å². The Bertz CT molecular complexity index is 909. The third-order valence-electron chi connectivity index (χ3n) is 4.32. The van der Waals surface area contributed by atoms with E-state index >= 15 is 0 Å². The highest BCUT2D eigenvalue weighted by molar-refractivity contribution is 5.97. The highest BCUT2D eigenvalue weighted by atomic mass is 19.1. The summed E-state index contributed by atoms with van der Waals surface area (Å²) in [5.41, 5.74) is 2.55. The normalized spacial score (nSPS) is 15.1. The first-order chi connectivity index (χ1) is 11.9. The average molecular weight is 335 g/mol. The number of para-hydroxylation sites is 1. The first-order valence-electron chi connectivity index (χ1n) is 7.98. The minimum Gasteiger partial charge on any atom is -0.306 e. The van der Waals surface area contributed by atoms with E-state index in [2.05, 4.69) is 16.7 Å². The van der Waals surface area contributed by atoms with Gasteiger partial charge in [0.2, 0.25) is 0 Å². The highest BCUT2D eigenvalue weighted by Gasteiger charge is 2.34. The zero-order chi connectivity index (χ0) is 18.0. The van der Waals surface area contributed by atoms with Crippen LogP contribution < -0.4 is 10.6 Å². The fourth-order valence-electron chi connectivity index (χ4n) is 3.12. The van der Waals surface area contributed by atoms with Gasteiger partial charge in [-0.15, -0.1) is 0 Å². The summed E-state index contributed by atoms with van der Waals surface area (Å²) in [7, 11) is 0. The van der Waals surface area contributed by atoms with Crippen LogP contribution in [0.25, 0.3) is 5.70 Å². The van der Waals surface area contributed by atoms with E-state index in [0.29, 0.717) is 17.7 Å². The summed E-state index contributed by atoms with van der Waals surface area (Å²) >= 11 is 0. The summed E-state index contributed by atoms with van der Waals surface area (Å²) in [5.74, 6) is -0.517. The molecule has 126 valence electrons. The van der Waals surface area contributed by atoms with Crippen molar-refractivity contribution in [3.05, 3.63) is 71.0 Å². The van der Waals surface area contributed by atoms with E-state index in [1.165, 1.54) is 12.1 Å². The van der Waals surface area contributed by atoms with Crippen LogP contribution >= 0.6 is 0 Å². The number of nitrogens with one attached hydrogen (secondary N) is 2. The molecule has 2 aromatic carbocycles. The number of amides is 2. The minimum atomic E-state index is -0.583. The average Bonchev–Trinajstić information content (AvgIpc) is 2.56. The Morgan fingerprint density at radius 2 is 1.80 bits per heavy atom. The maximum atomic E-state index is 13.7. The molecule has 25 heavy (non-hydrogen) atoms. The zero-order valence-corrected chi connectivity index (χ0v) is 14.1. The molecule has 0 aliphatic heterocycles. The summed E-state index contributed by atoms with van der Waals surface area (Å²) in [4.78, 5) is 12.4. The zero-order valence-electron chi connectivity index (χ0n) is 14.1. The lowest BCUT2D eigenvalue weighted by atomic mass is 9.72. The molecule has 5 heteroatoms. The second-order valence-corrected chi connectivity index (χ2v) is 6.64. The number of hydrogen-bond acceptors (Lipinski definition) is 2. The number of halogens is 1. The molecule has 4 nitrogen and oxygen atoms in total. The van der Waals surface area contributed by atoms with Gasteiger partial charge in [-0.1, -0.05) is 50.2 Å². The number of benzene rings is 2. The van der Waals surface area contributed by atoms with E-state index in [4.69, 9.17) is 0 Å². The largest absolute Gasteiger partial charge is 0.323 e. The lowest BCUT2D eigenvalue weighted by molar-refractivity contribution is 0.255. The molecule has 2 amide bonds. The first kappa shape index (κ1) is 16.7. The van der Waals surface area contributed by atoms with E-state index in [-0.39, 0.29) is 5.69 Å². The van der Waals surface area contributed by atoms with Crippen molar-refractivity contribution < 1.29 is 9.18 Å². The topological polar surface area (TPSA) is 64.9 Å². The van der Waals surface area contributed by atoms with Crippen LogP contribution in [0.3, 0.4) is 0 Å². The number of fused-ring (bicyclic) bond motifs is 1. The van der Waals surface area contributed by atoms with Crippen molar-refractivity contribution in [3.8, 4) is 6.07 Å². The number of carbonyl (C=O) groups excluding carboxylic acids is 1. The Morgan fingerprint density at radius 1 is 1.12 bits per heavy atom. The third-order valence-corrected chi connectivity index (χ3v) is 4.32. The van der Waals surface area contributed by atoms with Gasteiger partial charge in [-0.05, 0) is 24.1 Å². The molecule has 0 fully saturated rings. The molecule has 1 aliphatic carbocycles. The smallest absolute Gasteiger partial charge is 0.306 e. The molecule has 2 N–H and O–H groups in total. The van der Waals surface area contributed by atoms with Gasteiger partial charge in [0.15, 0.2) is 0 Å². The number of anilines is 1. The Morgan fingerprint density at radius 3 is 2.52 bits per heavy atom. The van der Waals surface area contributed by atoms with Crippen LogP contribution in [0.15, 0.2) is 54.1 Å². The van der Waals surface area contributed by atoms with Crippen molar-refractivity contribution in [2.75, 3.05) is 5.32 Å². The summed E-state index contributed by atoms with van der Waals surface area (Å²) in [6.07, 6.45) is 0.714. The van der Waals surface area contributed by atoms with Crippen molar-refractivity contribution in [1.29, 1.82) is 5.26 Å². The van der Waals surface area contributed by atoms with Crippen molar-refractivity contribution in [1.82, 2.24) is 5.32 Å². The molecule has 0 saturated carbocycles. The number of allylic oxidation sites excluding steroid dienone is 1. The van der Waals surface area contributed by atoms with Crippen molar-refractivity contribution in [3.63, 3.8) is 0 Å². The van der Waals surface area contributed by atoms with Gasteiger partial charge in [-0.25, -0.2) is 9.18 Å². The lowest BCUT2D eigenvalue weighted by Crippen LogP contribution is -2.34. The Balaban J connectivity index is 1.96. The highest BCUT2D eigenvalue weighted by Crippen LogP contribution is 2.41. The first-order valence-corrected chi connectivity index (χ1v) is 7.98. The maximum absolute atomic E-state index is 13.7. The Hall–Kier alpha value is -3.13. The van der Waals surface area contributed by atoms with Gasteiger partial charge in [0.1, 0.15) is 5.82 Å². The summed E-state index contributed by atoms with van der Waals surface area (Å²) in [5, 5.41) is 14.9. The van der Waals surface area contributed by atoms with E-state index in [1.807, 2.05) is 38.1 Å². The lowest BCUT2D eigenvalue weighted by Gasteiger charge is -2.33. The van der Waals surface area contributed by atoms with Gasteiger partial charge >= 0.3 is 6.03 Å². The standard InChI is InChI=1S/C20H18FN3O/c1-20(2)11-13-7-3-4-8-14(13)18(15(20)12-22)24-19(25)23-17-10-6-5-9-16(17)21/h3-10H,11H2,1-2H3,(H2,23,24,25). The second-order valence-electron chi connectivity index (χ2n) is 6.64. The Kier molecular flexibility index (Phi) is 4.28. The van der Waals surface area contributed by atoms with Crippen LogP contribution in [0.1, 0.15) is 25.0 Å². The number of hydrogen-bond donors (Lipinski definition) is 2. The number of carbonyl (C=O) groups is 1. The molecule has 1 aliphatic rings. The molecule has 0 bridgehead atoms. The predicted molar refractivity (Wildman–Crippen MR) is 95.0 cm³/mol. The van der Waals surface area contributed by atoms with Gasteiger partial charge in [0, 0.05) is 11.0 Å².